The van der Waals surface area contributed by atoms with Crippen LogP contribution in [0.25, 0.3) is 0 Å². The van der Waals surface area contributed by atoms with Gasteiger partial charge in [-0.05, 0) is 19.9 Å². The maximum Gasteiger partial charge on any atom is 0.168 e. The van der Waals surface area contributed by atoms with Crippen molar-refractivity contribution < 1.29 is 9.47 Å². The van der Waals surface area contributed by atoms with Crippen LogP contribution in [0.4, 0.5) is 0 Å². The van der Waals surface area contributed by atoms with Crippen LogP contribution in [0.15, 0.2) is 0 Å². The van der Waals surface area contributed by atoms with E-state index < -0.39 is 0 Å². The Morgan fingerprint density at radius 1 is 1.05 bits per heavy atom. The molecule has 0 bridgehead atoms. The molecule has 0 aromatic carbocycles. The molecule has 3 rings (SSSR count). The molecule has 1 aliphatic carbocycles. The minimum atomic E-state index is -0.213. The molecule has 0 unspecified atom stereocenters. The molecule has 2 saturated heterocycles. The first-order valence-corrected chi connectivity index (χ1v) is 8.18. The summed E-state index contributed by atoms with van der Waals surface area (Å²) >= 11 is 0. The summed E-state index contributed by atoms with van der Waals surface area (Å²) in [5.74, 6) is -0.213. The van der Waals surface area contributed by atoms with Gasteiger partial charge in [0.15, 0.2) is 5.79 Å². The van der Waals surface area contributed by atoms with Crippen molar-refractivity contribution in [2.75, 3.05) is 59.5 Å². The lowest BCUT2D eigenvalue weighted by atomic mass is 9.90. The van der Waals surface area contributed by atoms with Gasteiger partial charge in [0.1, 0.15) is 0 Å². The van der Waals surface area contributed by atoms with Crippen molar-refractivity contribution in [1.29, 1.82) is 0 Å². The lowest BCUT2D eigenvalue weighted by Gasteiger charge is -2.36. The Morgan fingerprint density at radius 3 is 2.35 bits per heavy atom. The molecule has 0 radical (unpaired) electrons. The van der Waals surface area contributed by atoms with Gasteiger partial charge in [-0.1, -0.05) is 0 Å². The molecule has 1 spiro atoms. The Balaban J connectivity index is 1.30. The van der Waals surface area contributed by atoms with Crippen LogP contribution in [0.2, 0.25) is 0 Å². The van der Waals surface area contributed by atoms with Gasteiger partial charge in [-0.2, -0.15) is 0 Å². The van der Waals surface area contributed by atoms with Crippen LogP contribution in [0.5, 0.6) is 0 Å². The molecule has 3 fully saturated rings. The standard InChI is InChI=1S/C15H29N3O2/c1-17-8-10-18(11-9-17)7-6-16-14-2-4-15(5-3-14)19-12-13-20-15/h14,16H,2-13H2,1H3. The molecule has 0 aromatic heterocycles. The fraction of sp³-hybridized carbons (Fsp3) is 1.00. The average molecular weight is 283 g/mol. The Hall–Kier alpha value is -0.200. The van der Waals surface area contributed by atoms with E-state index in [-0.39, 0.29) is 5.79 Å². The normalized spacial score (nSPS) is 29.2. The second kappa shape index (κ2) is 6.71. The highest BCUT2D eigenvalue weighted by atomic mass is 16.7. The van der Waals surface area contributed by atoms with Gasteiger partial charge in [0.05, 0.1) is 13.2 Å². The molecule has 2 aliphatic heterocycles. The third-order valence-electron chi connectivity index (χ3n) is 5.02. The minimum Gasteiger partial charge on any atom is -0.348 e. The Labute approximate surface area is 122 Å². The van der Waals surface area contributed by atoms with Crippen molar-refractivity contribution in [3.05, 3.63) is 0 Å². The van der Waals surface area contributed by atoms with E-state index in [0.717, 1.165) is 32.6 Å². The molecule has 0 amide bonds. The van der Waals surface area contributed by atoms with Gasteiger partial charge in [0.2, 0.25) is 0 Å². The second-order valence-corrected chi connectivity index (χ2v) is 6.48. The maximum absolute atomic E-state index is 5.78. The van der Waals surface area contributed by atoms with Crippen molar-refractivity contribution >= 4 is 0 Å². The smallest absolute Gasteiger partial charge is 0.168 e. The van der Waals surface area contributed by atoms with E-state index in [1.165, 1.54) is 45.6 Å². The van der Waals surface area contributed by atoms with Gasteiger partial charge in [-0.15, -0.1) is 0 Å². The largest absolute Gasteiger partial charge is 0.348 e. The third-order valence-corrected chi connectivity index (χ3v) is 5.02. The van der Waals surface area contributed by atoms with Crippen LogP contribution in [0, 0.1) is 0 Å². The van der Waals surface area contributed by atoms with Gasteiger partial charge in [0, 0.05) is 58.2 Å². The topological polar surface area (TPSA) is 37.0 Å². The molecule has 0 atom stereocenters. The molecule has 0 aromatic rings. The number of ether oxygens (including phenoxy) is 2. The Kier molecular flexibility index (Phi) is 4.94. The van der Waals surface area contributed by atoms with E-state index in [2.05, 4.69) is 22.2 Å². The Morgan fingerprint density at radius 2 is 1.70 bits per heavy atom. The molecule has 20 heavy (non-hydrogen) atoms. The van der Waals surface area contributed by atoms with Crippen molar-refractivity contribution in [3.8, 4) is 0 Å². The van der Waals surface area contributed by atoms with Crippen LogP contribution < -0.4 is 5.32 Å². The summed E-state index contributed by atoms with van der Waals surface area (Å²) in [6.45, 7) is 8.71. The zero-order chi connectivity index (χ0) is 13.8. The number of nitrogens with one attached hydrogen (secondary N) is 1. The van der Waals surface area contributed by atoms with E-state index >= 15 is 0 Å². The Bertz CT molecular complexity index is 289. The molecule has 5 nitrogen and oxygen atoms in total. The zero-order valence-corrected chi connectivity index (χ0v) is 12.8. The van der Waals surface area contributed by atoms with Gasteiger partial charge in [-0.3, -0.25) is 4.90 Å². The predicted octanol–water partition coefficient (Wildman–Crippen LogP) is 0.509. The lowest BCUT2D eigenvalue weighted by molar-refractivity contribution is -0.179. The van der Waals surface area contributed by atoms with Gasteiger partial charge in [-0.25, -0.2) is 0 Å². The summed E-state index contributed by atoms with van der Waals surface area (Å²) in [7, 11) is 2.21. The SMILES string of the molecule is CN1CCN(CCNC2CCC3(CC2)OCCO3)CC1. The third kappa shape index (κ3) is 3.71. The van der Waals surface area contributed by atoms with Crippen LogP contribution in [-0.4, -0.2) is 81.2 Å². The number of likely N-dealkylation sites (N-methyl/N-ethyl adjacent to an activating group) is 1. The summed E-state index contributed by atoms with van der Waals surface area (Å²) in [6.07, 6.45) is 4.48. The maximum atomic E-state index is 5.78. The second-order valence-electron chi connectivity index (χ2n) is 6.48. The highest BCUT2D eigenvalue weighted by molar-refractivity contribution is 4.85. The first kappa shape index (κ1) is 14.7. The number of hydrogen-bond donors (Lipinski definition) is 1. The summed E-state index contributed by atoms with van der Waals surface area (Å²) < 4.78 is 11.6. The monoisotopic (exact) mass is 283 g/mol. The van der Waals surface area contributed by atoms with E-state index in [1.807, 2.05) is 0 Å². The molecular formula is C15H29N3O2. The molecule has 5 heteroatoms. The van der Waals surface area contributed by atoms with Crippen LogP contribution >= 0.6 is 0 Å². The van der Waals surface area contributed by atoms with E-state index in [4.69, 9.17) is 9.47 Å². The van der Waals surface area contributed by atoms with Gasteiger partial charge >= 0.3 is 0 Å². The summed E-state index contributed by atoms with van der Waals surface area (Å²) in [5.41, 5.74) is 0. The lowest BCUT2D eigenvalue weighted by Crippen LogP contribution is -2.48. The molecule has 1 N–H and O–H groups in total. The number of piperazine rings is 1. The van der Waals surface area contributed by atoms with Crippen molar-refractivity contribution in [1.82, 2.24) is 15.1 Å². The first-order valence-electron chi connectivity index (χ1n) is 8.18. The summed E-state index contributed by atoms with van der Waals surface area (Å²) in [4.78, 5) is 4.98. The van der Waals surface area contributed by atoms with Crippen LogP contribution in [0.1, 0.15) is 25.7 Å². The highest BCUT2D eigenvalue weighted by Crippen LogP contribution is 2.35. The van der Waals surface area contributed by atoms with Crippen LogP contribution in [-0.2, 0) is 9.47 Å². The molecule has 116 valence electrons. The van der Waals surface area contributed by atoms with Crippen molar-refractivity contribution in [2.24, 2.45) is 0 Å². The minimum absolute atomic E-state index is 0.213. The van der Waals surface area contributed by atoms with E-state index in [9.17, 15) is 0 Å². The van der Waals surface area contributed by atoms with E-state index in [0.29, 0.717) is 6.04 Å². The molecule has 3 aliphatic rings. The van der Waals surface area contributed by atoms with Gasteiger partial charge < -0.3 is 19.7 Å². The zero-order valence-electron chi connectivity index (χ0n) is 12.8. The van der Waals surface area contributed by atoms with Gasteiger partial charge in [0.25, 0.3) is 0 Å². The van der Waals surface area contributed by atoms with Crippen molar-refractivity contribution in [2.45, 2.75) is 37.5 Å². The number of rotatable bonds is 4. The summed E-state index contributed by atoms with van der Waals surface area (Å²) in [5, 5.41) is 3.72. The quantitative estimate of drug-likeness (QED) is 0.813. The number of nitrogens with zero attached hydrogens (tertiary/aromatic N) is 2. The van der Waals surface area contributed by atoms with E-state index in [1.54, 1.807) is 0 Å². The van der Waals surface area contributed by atoms with Crippen molar-refractivity contribution in [3.63, 3.8) is 0 Å². The first-order chi connectivity index (χ1) is 9.76. The molecular weight excluding hydrogens is 254 g/mol. The molecule has 2 heterocycles. The summed E-state index contributed by atoms with van der Waals surface area (Å²) in [6, 6.07) is 0.654. The van der Waals surface area contributed by atoms with Crippen LogP contribution in [0.3, 0.4) is 0 Å². The number of hydrogen-bond acceptors (Lipinski definition) is 5. The predicted molar refractivity (Wildman–Crippen MR) is 78.8 cm³/mol. The molecule has 1 saturated carbocycles. The fourth-order valence-electron chi connectivity index (χ4n) is 3.55. The average Bonchev–Trinajstić information content (AvgIpc) is 2.92. The fourth-order valence-corrected chi connectivity index (χ4v) is 3.55. The highest BCUT2D eigenvalue weighted by Gasteiger charge is 2.40.